The van der Waals surface area contributed by atoms with E-state index in [1.54, 1.807) is 7.11 Å². The van der Waals surface area contributed by atoms with Crippen molar-refractivity contribution in [3.63, 3.8) is 0 Å². The first-order chi connectivity index (χ1) is 15.7. The fraction of sp³-hybridized carbons (Fsp3) is 0.480. The van der Waals surface area contributed by atoms with Crippen LogP contribution in [0, 0.1) is 0 Å². The number of carbonyl (C=O) groups excluding carboxylic acids is 1. The number of likely N-dealkylation sites (tertiary alicyclic amines) is 1. The van der Waals surface area contributed by atoms with Gasteiger partial charge in [0.2, 0.25) is 0 Å². The highest BCUT2D eigenvalue weighted by Gasteiger charge is 2.26. The van der Waals surface area contributed by atoms with Crippen LogP contribution in [0.5, 0.6) is 5.75 Å². The third-order valence-corrected chi connectivity index (χ3v) is 7.24. The molecule has 2 saturated heterocycles. The van der Waals surface area contributed by atoms with Crippen LogP contribution in [-0.4, -0.2) is 67.2 Å². The molecule has 1 unspecified atom stereocenters. The Bertz CT molecular complexity index is 882. The molecular formula is C25H34N4O2S. The summed E-state index contributed by atoms with van der Waals surface area (Å²) >= 11 is 2.01. The summed E-state index contributed by atoms with van der Waals surface area (Å²) in [7, 11) is 1.71. The lowest BCUT2D eigenvalue weighted by Gasteiger charge is -2.29. The van der Waals surface area contributed by atoms with E-state index in [2.05, 4.69) is 32.6 Å². The van der Waals surface area contributed by atoms with Crippen LogP contribution in [0.15, 0.2) is 48.5 Å². The summed E-state index contributed by atoms with van der Waals surface area (Å²) in [5, 5.41) is 6.22. The van der Waals surface area contributed by atoms with Crippen LogP contribution in [0.25, 0.3) is 0 Å². The molecule has 32 heavy (non-hydrogen) atoms. The lowest BCUT2D eigenvalue weighted by atomic mass is 10.0. The number of amides is 2. The number of rotatable bonds is 8. The number of methoxy groups -OCH3 is 1. The number of urea groups is 1. The van der Waals surface area contributed by atoms with Gasteiger partial charge in [0.1, 0.15) is 5.75 Å². The zero-order valence-corrected chi connectivity index (χ0v) is 19.7. The number of para-hydroxylation sites is 2. The van der Waals surface area contributed by atoms with Crippen molar-refractivity contribution < 1.29 is 9.53 Å². The van der Waals surface area contributed by atoms with Crippen molar-refractivity contribution in [2.45, 2.75) is 25.4 Å². The Balaban J connectivity index is 1.41. The zero-order valence-electron chi connectivity index (χ0n) is 18.9. The predicted octanol–water partition coefficient (Wildman–Crippen LogP) is 4.20. The molecule has 2 N–H and O–H groups in total. The molecule has 2 aliphatic rings. The molecule has 2 aromatic carbocycles. The lowest BCUT2D eigenvalue weighted by Crippen LogP contribution is -2.39. The van der Waals surface area contributed by atoms with Gasteiger partial charge in [-0.15, -0.1) is 0 Å². The molecule has 0 spiro atoms. The zero-order chi connectivity index (χ0) is 22.2. The summed E-state index contributed by atoms with van der Waals surface area (Å²) in [5.74, 6) is 3.23. The number of ether oxygens (including phenoxy) is 1. The molecular weight excluding hydrogens is 420 g/mol. The monoisotopic (exact) mass is 454 g/mol. The third-order valence-electron chi connectivity index (χ3n) is 6.30. The van der Waals surface area contributed by atoms with Crippen molar-refractivity contribution in [1.29, 1.82) is 0 Å². The molecule has 2 fully saturated rings. The maximum atomic E-state index is 12.9. The van der Waals surface area contributed by atoms with E-state index in [4.69, 9.17) is 4.74 Å². The number of hydrogen-bond acceptors (Lipinski definition) is 5. The second-order valence-corrected chi connectivity index (χ2v) is 9.61. The first-order valence-electron chi connectivity index (χ1n) is 11.5. The van der Waals surface area contributed by atoms with Crippen molar-refractivity contribution in [2.75, 3.05) is 56.7 Å². The molecule has 4 rings (SSSR count). The van der Waals surface area contributed by atoms with Crippen LogP contribution in [-0.2, 0) is 6.54 Å². The van der Waals surface area contributed by atoms with Crippen molar-refractivity contribution in [3.05, 3.63) is 59.7 Å². The second-order valence-electron chi connectivity index (χ2n) is 8.38. The summed E-state index contributed by atoms with van der Waals surface area (Å²) in [6.45, 7) is 5.70. The minimum Gasteiger partial charge on any atom is -0.496 e. The summed E-state index contributed by atoms with van der Waals surface area (Å²) in [6, 6.07) is 16.2. The van der Waals surface area contributed by atoms with Gasteiger partial charge in [-0.3, -0.25) is 9.80 Å². The van der Waals surface area contributed by atoms with Gasteiger partial charge in [0, 0.05) is 48.9 Å². The topological polar surface area (TPSA) is 56.8 Å². The summed E-state index contributed by atoms with van der Waals surface area (Å²) in [5.41, 5.74) is 3.18. The molecule has 0 saturated carbocycles. The van der Waals surface area contributed by atoms with E-state index in [9.17, 15) is 4.79 Å². The fourth-order valence-electron chi connectivity index (χ4n) is 4.57. The smallest absolute Gasteiger partial charge is 0.319 e. The summed E-state index contributed by atoms with van der Waals surface area (Å²) in [4.78, 5) is 17.8. The molecule has 2 heterocycles. The average Bonchev–Trinajstić information content (AvgIpc) is 3.36. The standard InChI is InChI=1S/C25H34N4O2S/c1-31-24-11-5-3-9-21(24)23(29-12-6-7-13-29)18-26-25(30)27-22-10-4-2-8-20(22)19-28-14-16-32-17-15-28/h2-5,8-11,23H,6-7,12-19H2,1H3,(H2,26,27,30). The second kappa shape index (κ2) is 11.6. The Morgan fingerprint density at radius 3 is 2.53 bits per heavy atom. The van der Waals surface area contributed by atoms with Gasteiger partial charge in [-0.25, -0.2) is 4.79 Å². The summed E-state index contributed by atoms with van der Waals surface area (Å²) < 4.78 is 5.62. The molecule has 1 atom stereocenters. The molecule has 0 aliphatic carbocycles. The van der Waals surface area contributed by atoms with Gasteiger partial charge in [-0.2, -0.15) is 11.8 Å². The number of nitrogens with one attached hydrogen (secondary N) is 2. The van der Waals surface area contributed by atoms with Gasteiger partial charge < -0.3 is 15.4 Å². The van der Waals surface area contributed by atoms with Crippen molar-refractivity contribution in [1.82, 2.24) is 15.1 Å². The van der Waals surface area contributed by atoms with Crippen LogP contribution in [0.1, 0.15) is 30.0 Å². The van der Waals surface area contributed by atoms with Crippen molar-refractivity contribution in [2.24, 2.45) is 0 Å². The average molecular weight is 455 g/mol. The van der Waals surface area contributed by atoms with Crippen LogP contribution >= 0.6 is 11.8 Å². The SMILES string of the molecule is COc1ccccc1C(CNC(=O)Nc1ccccc1CN1CCSCC1)N1CCCC1. The quantitative estimate of drug-likeness (QED) is 0.626. The predicted molar refractivity (Wildman–Crippen MR) is 133 cm³/mol. The van der Waals surface area contributed by atoms with Crippen molar-refractivity contribution >= 4 is 23.5 Å². The van der Waals surface area contributed by atoms with Gasteiger partial charge in [0.25, 0.3) is 0 Å². The molecule has 172 valence electrons. The Morgan fingerprint density at radius 2 is 1.75 bits per heavy atom. The van der Waals surface area contributed by atoms with E-state index in [1.165, 1.54) is 24.3 Å². The molecule has 2 aromatic rings. The first kappa shape index (κ1) is 23.0. The molecule has 0 radical (unpaired) electrons. The number of thioether (sulfide) groups is 1. The van der Waals surface area contributed by atoms with Gasteiger partial charge in [0.05, 0.1) is 13.2 Å². The highest BCUT2D eigenvalue weighted by Crippen LogP contribution is 2.31. The van der Waals surface area contributed by atoms with E-state index in [1.807, 2.05) is 48.2 Å². The van der Waals surface area contributed by atoms with E-state index in [0.29, 0.717) is 6.54 Å². The van der Waals surface area contributed by atoms with Gasteiger partial charge >= 0.3 is 6.03 Å². The molecule has 6 nitrogen and oxygen atoms in total. The van der Waals surface area contributed by atoms with Crippen molar-refractivity contribution in [3.8, 4) is 5.75 Å². The molecule has 7 heteroatoms. The van der Waals surface area contributed by atoms with Gasteiger partial charge in [-0.05, 0) is 43.6 Å². The maximum absolute atomic E-state index is 12.9. The number of hydrogen-bond donors (Lipinski definition) is 2. The number of carbonyl (C=O) groups is 1. The Kier molecular flexibility index (Phi) is 8.31. The molecule has 2 aliphatic heterocycles. The number of benzene rings is 2. The van der Waals surface area contributed by atoms with E-state index in [-0.39, 0.29) is 12.1 Å². The Hall–Kier alpha value is -2.22. The minimum absolute atomic E-state index is 0.0977. The highest BCUT2D eigenvalue weighted by atomic mass is 32.2. The summed E-state index contributed by atoms with van der Waals surface area (Å²) in [6.07, 6.45) is 2.39. The van der Waals surface area contributed by atoms with Crippen LogP contribution < -0.4 is 15.4 Å². The lowest BCUT2D eigenvalue weighted by molar-refractivity contribution is 0.224. The van der Waals surface area contributed by atoms with Gasteiger partial charge in [-0.1, -0.05) is 36.4 Å². The van der Waals surface area contributed by atoms with E-state index in [0.717, 1.165) is 55.3 Å². The van der Waals surface area contributed by atoms with Crippen LogP contribution in [0.3, 0.4) is 0 Å². The fourth-order valence-corrected chi connectivity index (χ4v) is 5.55. The number of nitrogens with zero attached hydrogens (tertiary/aromatic N) is 2. The van der Waals surface area contributed by atoms with E-state index >= 15 is 0 Å². The van der Waals surface area contributed by atoms with Crippen LogP contribution in [0.4, 0.5) is 10.5 Å². The maximum Gasteiger partial charge on any atom is 0.319 e. The Labute approximate surface area is 195 Å². The normalized spacial score (nSPS) is 18.3. The minimum atomic E-state index is -0.161. The third kappa shape index (κ3) is 5.97. The first-order valence-corrected chi connectivity index (χ1v) is 12.7. The largest absolute Gasteiger partial charge is 0.496 e. The van der Waals surface area contributed by atoms with E-state index < -0.39 is 0 Å². The number of anilines is 1. The molecule has 0 bridgehead atoms. The highest BCUT2D eigenvalue weighted by molar-refractivity contribution is 7.99. The van der Waals surface area contributed by atoms with Gasteiger partial charge in [0.15, 0.2) is 0 Å². The molecule has 0 aromatic heterocycles. The Morgan fingerprint density at radius 1 is 1.03 bits per heavy atom. The van der Waals surface area contributed by atoms with Crippen LogP contribution in [0.2, 0.25) is 0 Å². The molecule has 2 amide bonds.